The highest BCUT2D eigenvalue weighted by Crippen LogP contribution is 2.66. The van der Waals surface area contributed by atoms with E-state index in [9.17, 15) is 0 Å². The summed E-state index contributed by atoms with van der Waals surface area (Å²) >= 11 is 0. The molecule has 1 heterocycles. The van der Waals surface area contributed by atoms with Gasteiger partial charge in [-0.1, -0.05) is 79.0 Å². The molecule has 0 radical (unpaired) electrons. The molecule has 2 aliphatic carbocycles. The summed E-state index contributed by atoms with van der Waals surface area (Å²) in [4.78, 5) is 2.53. The van der Waals surface area contributed by atoms with Gasteiger partial charge in [0.2, 0.25) is 0 Å². The van der Waals surface area contributed by atoms with Gasteiger partial charge in [0, 0.05) is 31.4 Å². The van der Waals surface area contributed by atoms with Crippen molar-refractivity contribution in [2.45, 2.75) is 83.8 Å². The minimum atomic E-state index is 0.0425. The smallest absolute Gasteiger partial charge is 0.0915 e. The SMILES string of the molecule is C#CCCC(NC(=C)C1[C@@H]2[C@H](CN1C(=C)C(NC(=C)NC)C1(C)CCCCC1)C2(C)C)C(=C)C=C. The third-order valence-electron chi connectivity index (χ3n) is 9.23. The van der Waals surface area contributed by atoms with E-state index in [1.807, 2.05) is 13.1 Å². The minimum absolute atomic E-state index is 0.0425. The summed E-state index contributed by atoms with van der Waals surface area (Å²) in [6, 6.07) is 0.354. The zero-order valence-electron chi connectivity index (χ0n) is 22.7. The fourth-order valence-electron chi connectivity index (χ4n) is 6.73. The fourth-order valence-corrected chi connectivity index (χ4v) is 6.73. The van der Waals surface area contributed by atoms with E-state index in [0.717, 1.165) is 35.8 Å². The van der Waals surface area contributed by atoms with Crippen LogP contribution in [0.4, 0.5) is 0 Å². The first-order valence-electron chi connectivity index (χ1n) is 13.3. The number of terminal acetylenes is 1. The van der Waals surface area contributed by atoms with Gasteiger partial charge in [-0.2, -0.15) is 0 Å². The van der Waals surface area contributed by atoms with Gasteiger partial charge in [0.05, 0.1) is 23.9 Å². The highest BCUT2D eigenvalue weighted by molar-refractivity contribution is 5.32. The van der Waals surface area contributed by atoms with E-state index >= 15 is 0 Å². The van der Waals surface area contributed by atoms with E-state index in [2.05, 4.69) is 73.9 Å². The van der Waals surface area contributed by atoms with E-state index in [0.29, 0.717) is 23.7 Å². The normalized spacial score (nSPS) is 27.4. The zero-order valence-corrected chi connectivity index (χ0v) is 22.7. The molecular weight excluding hydrogens is 428 g/mol. The van der Waals surface area contributed by atoms with Crippen molar-refractivity contribution < 1.29 is 0 Å². The molecule has 0 amide bonds. The molecule has 2 saturated carbocycles. The van der Waals surface area contributed by atoms with Gasteiger partial charge in [-0.05, 0) is 47.5 Å². The molecule has 0 bridgehead atoms. The Morgan fingerprint density at radius 3 is 2.34 bits per heavy atom. The van der Waals surface area contributed by atoms with Crippen LogP contribution in [0.1, 0.15) is 65.7 Å². The monoisotopic (exact) mass is 476 g/mol. The summed E-state index contributed by atoms with van der Waals surface area (Å²) in [6.45, 7) is 29.9. The van der Waals surface area contributed by atoms with E-state index in [4.69, 9.17) is 13.0 Å². The van der Waals surface area contributed by atoms with Gasteiger partial charge in [0.25, 0.3) is 0 Å². The molecule has 4 nitrogen and oxygen atoms in total. The standard InChI is InChI=1S/C31H48N4/c1-11-13-17-26(21(3)12-2)33-22(4)28-27-25(30(27,7)8)20-35(28)23(5)29(34-24(6)32-10)31(9)18-15-14-16-19-31/h1,12,25-29,32-34H,2-6,13-20H2,7-10H3/t25-,26?,27-,28?,29?/m0/s1. The number of nitrogens with zero attached hydrogens (tertiary/aromatic N) is 1. The van der Waals surface area contributed by atoms with E-state index in [1.165, 1.54) is 32.1 Å². The third-order valence-corrected chi connectivity index (χ3v) is 9.23. The fraction of sp³-hybridized carbons (Fsp3) is 0.613. The third kappa shape index (κ3) is 5.35. The number of piperidine rings is 1. The Morgan fingerprint density at radius 2 is 1.77 bits per heavy atom. The van der Waals surface area contributed by atoms with Gasteiger partial charge in [-0.3, -0.25) is 0 Å². The molecule has 0 aromatic rings. The predicted molar refractivity (Wildman–Crippen MR) is 150 cm³/mol. The Morgan fingerprint density at radius 1 is 1.11 bits per heavy atom. The molecule has 3 N–H and O–H groups in total. The van der Waals surface area contributed by atoms with Crippen molar-refractivity contribution in [2.24, 2.45) is 22.7 Å². The van der Waals surface area contributed by atoms with Crippen LogP contribution in [-0.2, 0) is 0 Å². The summed E-state index contributed by atoms with van der Waals surface area (Å²) < 4.78 is 0. The molecule has 3 fully saturated rings. The van der Waals surface area contributed by atoms with Gasteiger partial charge in [-0.15, -0.1) is 12.3 Å². The van der Waals surface area contributed by atoms with Crippen molar-refractivity contribution in [3.8, 4) is 12.3 Å². The van der Waals surface area contributed by atoms with Crippen LogP contribution in [0.15, 0.2) is 61.8 Å². The maximum Gasteiger partial charge on any atom is 0.0915 e. The summed E-state index contributed by atoms with van der Waals surface area (Å²) in [5.74, 6) is 4.80. The van der Waals surface area contributed by atoms with Crippen LogP contribution >= 0.6 is 0 Å². The Balaban J connectivity index is 1.88. The predicted octanol–water partition coefficient (Wildman–Crippen LogP) is 5.70. The van der Waals surface area contributed by atoms with Crippen LogP contribution in [0.2, 0.25) is 0 Å². The second-order valence-electron chi connectivity index (χ2n) is 11.8. The molecule has 3 rings (SSSR count). The molecule has 4 heteroatoms. The molecule has 0 aromatic carbocycles. The summed E-state index contributed by atoms with van der Waals surface area (Å²) in [7, 11) is 1.92. The highest BCUT2D eigenvalue weighted by atomic mass is 15.3. The molecule has 5 atom stereocenters. The number of nitrogens with one attached hydrogen (secondary N) is 3. The first kappa shape index (κ1) is 27.1. The summed E-state index contributed by atoms with van der Waals surface area (Å²) in [6.07, 6.45) is 15.1. The average Bonchev–Trinajstić information content (AvgIpc) is 3.17. The van der Waals surface area contributed by atoms with Crippen LogP contribution in [0, 0.1) is 35.0 Å². The summed E-state index contributed by atoms with van der Waals surface area (Å²) in [5.41, 5.74) is 3.60. The van der Waals surface area contributed by atoms with Crippen LogP contribution in [0.25, 0.3) is 0 Å². The van der Waals surface area contributed by atoms with Crippen molar-refractivity contribution >= 4 is 0 Å². The quantitative estimate of drug-likeness (QED) is 0.235. The maximum absolute atomic E-state index is 5.57. The van der Waals surface area contributed by atoms with Crippen LogP contribution in [0.3, 0.4) is 0 Å². The molecule has 1 saturated heterocycles. The van der Waals surface area contributed by atoms with Crippen molar-refractivity contribution in [3.63, 3.8) is 0 Å². The molecule has 192 valence electrons. The second kappa shape index (κ2) is 10.6. The Hall–Kier alpha value is -2.54. The lowest BCUT2D eigenvalue weighted by atomic mass is 9.69. The van der Waals surface area contributed by atoms with E-state index in [1.54, 1.807) is 0 Å². The number of hydrogen-bond donors (Lipinski definition) is 3. The van der Waals surface area contributed by atoms with Crippen molar-refractivity contribution in [3.05, 3.63) is 61.8 Å². The Bertz CT molecular complexity index is 897. The molecule has 0 spiro atoms. The lowest BCUT2D eigenvalue weighted by molar-refractivity contribution is 0.133. The van der Waals surface area contributed by atoms with Gasteiger partial charge in [0.15, 0.2) is 0 Å². The van der Waals surface area contributed by atoms with Crippen LogP contribution in [-0.4, -0.2) is 36.6 Å². The number of fused-ring (bicyclic) bond motifs is 1. The van der Waals surface area contributed by atoms with E-state index < -0.39 is 0 Å². The van der Waals surface area contributed by atoms with Crippen molar-refractivity contribution in [1.29, 1.82) is 0 Å². The minimum Gasteiger partial charge on any atom is -0.380 e. The molecule has 35 heavy (non-hydrogen) atoms. The first-order chi connectivity index (χ1) is 16.5. The topological polar surface area (TPSA) is 39.3 Å². The zero-order chi connectivity index (χ0) is 26.0. The summed E-state index contributed by atoms with van der Waals surface area (Å²) in [5, 5.41) is 10.6. The van der Waals surface area contributed by atoms with Gasteiger partial charge in [-0.25, -0.2) is 0 Å². The molecule has 3 aliphatic rings. The van der Waals surface area contributed by atoms with Gasteiger partial charge < -0.3 is 20.9 Å². The van der Waals surface area contributed by atoms with Gasteiger partial charge in [0.1, 0.15) is 0 Å². The van der Waals surface area contributed by atoms with E-state index in [-0.39, 0.29) is 23.5 Å². The Kier molecular flexibility index (Phi) is 8.20. The van der Waals surface area contributed by atoms with Crippen molar-refractivity contribution in [1.82, 2.24) is 20.9 Å². The van der Waals surface area contributed by atoms with Crippen LogP contribution in [0.5, 0.6) is 0 Å². The molecule has 0 aromatic heterocycles. The van der Waals surface area contributed by atoms with Crippen LogP contribution < -0.4 is 16.0 Å². The lowest BCUT2D eigenvalue weighted by Gasteiger charge is -2.47. The number of rotatable bonds is 13. The second-order valence-corrected chi connectivity index (χ2v) is 11.8. The molecule has 3 unspecified atom stereocenters. The molecular formula is C31H48N4. The van der Waals surface area contributed by atoms with Crippen molar-refractivity contribution in [2.75, 3.05) is 13.6 Å². The maximum atomic E-state index is 5.57. The number of hydrogen-bond acceptors (Lipinski definition) is 4. The first-order valence-corrected chi connectivity index (χ1v) is 13.3. The van der Waals surface area contributed by atoms with Gasteiger partial charge >= 0.3 is 0 Å². The molecule has 1 aliphatic heterocycles. The average molecular weight is 477 g/mol. The highest BCUT2D eigenvalue weighted by Gasteiger charge is 2.67. The number of likely N-dealkylation sites (tertiary alicyclic amines) is 1. The largest absolute Gasteiger partial charge is 0.380 e. The lowest BCUT2D eigenvalue weighted by Crippen LogP contribution is -2.53. The Labute approximate surface area is 215 Å².